The molecule has 0 bridgehead atoms. The molecule has 3 N–H and O–H groups in total. The first-order valence-corrected chi connectivity index (χ1v) is 12.2. The minimum absolute atomic E-state index is 0.107. The Morgan fingerprint density at radius 1 is 1.09 bits per heavy atom. The predicted octanol–water partition coefficient (Wildman–Crippen LogP) is 4.47. The largest absolute Gasteiger partial charge is 0.316 e. The summed E-state index contributed by atoms with van der Waals surface area (Å²) in [6, 6.07) is 17.7. The molecule has 1 saturated carbocycles. The molecule has 0 radical (unpaired) electrons. The monoisotopic (exact) mass is 475 g/mol. The van der Waals surface area contributed by atoms with Gasteiger partial charge in [0.15, 0.2) is 0 Å². The number of halogens is 1. The van der Waals surface area contributed by atoms with E-state index in [9.17, 15) is 22.6 Å². The number of hydrogen-bond acceptors (Lipinski definition) is 5. The van der Waals surface area contributed by atoms with Crippen LogP contribution in [0.5, 0.6) is 0 Å². The highest BCUT2D eigenvalue weighted by molar-refractivity contribution is 7.85. The Hall–Kier alpha value is -3.56. The standard InChI is InChI=1S/C26H22FN3O3S/c27-25-13-18(5-6-19(25)12-21(30)15-29)23-10-7-20(14-28)26(17-3-4-17)24(23)11-16-1-8-22(9-2-16)34(31,32)33/h1-2,5-10,13,17,21H,3-4,11-12,30H2,(H,31,32,33)/t21-/m0/s1. The van der Waals surface area contributed by atoms with Crippen LogP contribution in [0.2, 0.25) is 0 Å². The maximum atomic E-state index is 14.9. The van der Waals surface area contributed by atoms with Crippen molar-refractivity contribution >= 4 is 10.1 Å². The Balaban J connectivity index is 1.80. The molecule has 172 valence electrons. The third-order valence-electron chi connectivity index (χ3n) is 6.03. The van der Waals surface area contributed by atoms with Gasteiger partial charge in [-0.25, -0.2) is 4.39 Å². The van der Waals surface area contributed by atoms with Gasteiger partial charge in [-0.2, -0.15) is 18.9 Å². The molecule has 1 aliphatic carbocycles. The van der Waals surface area contributed by atoms with Gasteiger partial charge < -0.3 is 5.73 Å². The molecular formula is C26H22FN3O3S. The lowest BCUT2D eigenvalue weighted by Crippen LogP contribution is -2.20. The summed E-state index contributed by atoms with van der Waals surface area (Å²) in [5.74, 6) is -0.205. The van der Waals surface area contributed by atoms with Crippen LogP contribution in [0.3, 0.4) is 0 Å². The predicted molar refractivity (Wildman–Crippen MR) is 125 cm³/mol. The highest BCUT2D eigenvalue weighted by Crippen LogP contribution is 2.46. The Kier molecular flexibility index (Phi) is 6.49. The fourth-order valence-corrected chi connectivity index (χ4v) is 4.69. The molecule has 6 nitrogen and oxygen atoms in total. The van der Waals surface area contributed by atoms with Crippen molar-refractivity contribution in [2.24, 2.45) is 5.73 Å². The van der Waals surface area contributed by atoms with Gasteiger partial charge in [-0.1, -0.05) is 30.3 Å². The van der Waals surface area contributed by atoms with Gasteiger partial charge >= 0.3 is 0 Å². The van der Waals surface area contributed by atoms with Gasteiger partial charge in [0, 0.05) is 6.42 Å². The number of nitriles is 2. The molecule has 3 aromatic rings. The lowest BCUT2D eigenvalue weighted by molar-refractivity contribution is 0.483. The molecule has 1 fully saturated rings. The molecule has 0 saturated heterocycles. The van der Waals surface area contributed by atoms with E-state index in [1.165, 1.54) is 18.2 Å². The minimum atomic E-state index is -4.30. The first-order chi connectivity index (χ1) is 16.2. The highest BCUT2D eigenvalue weighted by Gasteiger charge is 2.30. The zero-order chi connectivity index (χ0) is 24.5. The maximum absolute atomic E-state index is 14.9. The van der Waals surface area contributed by atoms with E-state index in [0.29, 0.717) is 23.1 Å². The molecule has 1 aliphatic rings. The summed E-state index contributed by atoms with van der Waals surface area (Å²) in [7, 11) is -4.30. The van der Waals surface area contributed by atoms with Crippen molar-refractivity contribution in [3.8, 4) is 23.3 Å². The Labute approximate surface area is 197 Å². The van der Waals surface area contributed by atoms with Crippen molar-refractivity contribution in [1.29, 1.82) is 10.5 Å². The normalized spacial score (nSPS) is 14.3. The number of nitrogens with two attached hydrogens (primary N) is 1. The fourth-order valence-electron chi connectivity index (χ4n) is 4.21. The second kappa shape index (κ2) is 9.36. The van der Waals surface area contributed by atoms with Crippen molar-refractivity contribution in [1.82, 2.24) is 0 Å². The van der Waals surface area contributed by atoms with Crippen LogP contribution < -0.4 is 5.73 Å². The van der Waals surface area contributed by atoms with Gasteiger partial charge in [-0.15, -0.1) is 0 Å². The molecule has 0 aliphatic heterocycles. The zero-order valence-electron chi connectivity index (χ0n) is 18.2. The van der Waals surface area contributed by atoms with E-state index >= 15 is 0 Å². The van der Waals surface area contributed by atoms with Gasteiger partial charge in [0.25, 0.3) is 10.1 Å². The Morgan fingerprint density at radius 3 is 2.35 bits per heavy atom. The van der Waals surface area contributed by atoms with Crippen LogP contribution in [-0.4, -0.2) is 19.0 Å². The van der Waals surface area contributed by atoms with Crippen molar-refractivity contribution < 1.29 is 17.4 Å². The van der Waals surface area contributed by atoms with Gasteiger partial charge in [0.2, 0.25) is 0 Å². The summed E-state index contributed by atoms with van der Waals surface area (Å²) in [6.07, 6.45) is 2.44. The zero-order valence-corrected chi connectivity index (χ0v) is 19.0. The van der Waals surface area contributed by atoms with E-state index in [0.717, 1.165) is 35.1 Å². The third-order valence-corrected chi connectivity index (χ3v) is 6.90. The first-order valence-electron chi connectivity index (χ1n) is 10.8. The van der Waals surface area contributed by atoms with Crippen LogP contribution in [0.4, 0.5) is 4.39 Å². The number of nitrogens with zero attached hydrogens (tertiary/aromatic N) is 2. The molecule has 8 heteroatoms. The number of rotatable bonds is 7. The molecule has 4 rings (SSSR count). The van der Waals surface area contributed by atoms with E-state index < -0.39 is 22.0 Å². The fraction of sp³-hybridized carbons (Fsp3) is 0.231. The molecule has 3 aromatic carbocycles. The SMILES string of the molecule is N#Cc1ccc(-c2ccc(C[C@H](N)C#N)c(F)c2)c(Cc2ccc(S(=O)(=O)O)cc2)c1C1CC1. The molecule has 1 atom stereocenters. The lowest BCUT2D eigenvalue weighted by Gasteiger charge is -2.18. The summed E-state index contributed by atoms with van der Waals surface area (Å²) >= 11 is 0. The molecule has 0 spiro atoms. The van der Waals surface area contributed by atoms with Gasteiger partial charge in [-0.05, 0) is 82.8 Å². The molecule has 0 heterocycles. The highest BCUT2D eigenvalue weighted by atomic mass is 32.2. The quantitative estimate of drug-likeness (QED) is 0.485. The van der Waals surface area contributed by atoms with Crippen molar-refractivity contribution in [3.05, 3.63) is 88.2 Å². The van der Waals surface area contributed by atoms with Crippen molar-refractivity contribution in [2.45, 2.75) is 42.5 Å². The average Bonchev–Trinajstić information content (AvgIpc) is 3.65. The number of hydrogen-bond donors (Lipinski definition) is 2. The molecule has 0 unspecified atom stereocenters. The van der Waals surface area contributed by atoms with Crippen LogP contribution in [-0.2, 0) is 23.0 Å². The summed E-state index contributed by atoms with van der Waals surface area (Å²) < 4.78 is 46.9. The molecule has 34 heavy (non-hydrogen) atoms. The lowest BCUT2D eigenvalue weighted by atomic mass is 9.86. The average molecular weight is 476 g/mol. The molecular weight excluding hydrogens is 453 g/mol. The molecule has 0 amide bonds. The second-order valence-corrected chi connectivity index (χ2v) is 9.90. The summed E-state index contributed by atoms with van der Waals surface area (Å²) in [6.45, 7) is 0. The van der Waals surface area contributed by atoms with Crippen LogP contribution in [0.1, 0.15) is 46.6 Å². The number of benzene rings is 3. The third kappa shape index (κ3) is 5.00. The summed E-state index contributed by atoms with van der Waals surface area (Å²) in [4.78, 5) is -0.196. The first kappa shape index (κ1) is 23.6. The molecule has 0 aromatic heterocycles. The van der Waals surface area contributed by atoms with Gasteiger partial charge in [0.05, 0.1) is 28.6 Å². The van der Waals surface area contributed by atoms with Crippen molar-refractivity contribution in [3.63, 3.8) is 0 Å². The minimum Gasteiger partial charge on any atom is -0.316 e. The van der Waals surface area contributed by atoms with Crippen molar-refractivity contribution in [2.75, 3.05) is 0 Å². The van der Waals surface area contributed by atoms with E-state index in [2.05, 4.69) is 6.07 Å². The summed E-state index contributed by atoms with van der Waals surface area (Å²) in [5.41, 5.74) is 10.6. The van der Waals surface area contributed by atoms with E-state index in [1.54, 1.807) is 30.3 Å². The Morgan fingerprint density at radius 2 is 1.79 bits per heavy atom. The summed E-state index contributed by atoms with van der Waals surface area (Å²) in [5, 5.41) is 18.6. The topological polar surface area (TPSA) is 128 Å². The van der Waals surface area contributed by atoms with Crippen LogP contribution in [0.15, 0.2) is 59.5 Å². The smallest absolute Gasteiger partial charge is 0.294 e. The van der Waals surface area contributed by atoms with Crippen LogP contribution in [0, 0.1) is 28.5 Å². The van der Waals surface area contributed by atoms with Crippen LogP contribution in [0.25, 0.3) is 11.1 Å². The maximum Gasteiger partial charge on any atom is 0.294 e. The van der Waals surface area contributed by atoms with E-state index in [-0.39, 0.29) is 17.2 Å². The van der Waals surface area contributed by atoms with Crippen LogP contribution >= 0.6 is 0 Å². The second-order valence-electron chi connectivity index (χ2n) is 8.48. The van der Waals surface area contributed by atoms with Gasteiger partial charge in [-0.3, -0.25) is 4.55 Å². The van der Waals surface area contributed by atoms with Gasteiger partial charge in [0.1, 0.15) is 5.82 Å². The Bertz CT molecular complexity index is 1430. The van der Waals surface area contributed by atoms with E-state index in [1.807, 2.05) is 12.1 Å². The van der Waals surface area contributed by atoms with E-state index in [4.69, 9.17) is 11.0 Å².